The van der Waals surface area contributed by atoms with E-state index in [2.05, 4.69) is 30.9 Å². The van der Waals surface area contributed by atoms with E-state index in [9.17, 15) is 0 Å². The van der Waals surface area contributed by atoms with E-state index in [1.165, 1.54) is 24.8 Å². The molecule has 2 heterocycles. The molecule has 2 nitrogen and oxygen atoms in total. The second-order valence-electron chi connectivity index (χ2n) is 4.71. The van der Waals surface area contributed by atoms with Gasteiger partial charge >= 0.3 is 0 Å². The second kappa shape index (κ2) is 5.72. The number of halogens is 1. The van der Waals surface area contributed by atoms with Crippen molar-refractivity contribution < 1.29 is 0 Å². The van der Waals surface area contributed by atoms with Crippen molar-refractivity contribution in [3.05, 3.63) is 23.4 Å². The Balaban J connectivity index is 2.30. The molecular weight excluding hydrogens is 232 g/mol. The normalized spacial score (nSPS) is 19.9. The third-order valence-electron chi connectivity index (χ3n) is 3.58. The predicted octanol–water partition coefficient (Wildman–Crippen LogP) is 3.76. The van der Waals surface area contributed by atoms with Gasteiger partial charge in [-0.2, -0.15) is 0 Å². The number of aryl methyl sites for hydroxylation is 1. The van der Waals surface area contributed by atoms with Crippen LogP contribution in [0.5, 0.6) is 0 Å². The third kappa shape index (κ3) is 2.74. The first-order chi connectivity index (χ1) is 8.28. The molecule has 17 heavy (non-hydrogen) atoms. The molecular formula is C14H21ClN2. The van der Waals surface area contributed by atoms with Gasteiger partial charge < -0.3 is 4.90 Å². The van der Waals surface area contributed by atoms with E-state index < -0.39 is 0 Å². The van der Waals surface area contributed by atoms with Crippen LogP contribution in [0.15, 0.2) is 12.1 Å². The van der Waals surface area contributed by atoms with Gasteiger partial charge in [0.2, 0.25) is 0 Å². The fourth-order valence-electron chi connectivity index (χ4n) is 2.60. The van der Waals surface area contributed by atoms with Crippen molar-refractivity contribution in [2.24, 2.45) is 0 Å². The minimum absolute atomic E-state index is 0.577. The molecule has 94 valence electrons. The number of hydrogen-bond acceptors (Lipinski definition) is 2. The Morgan fingerprint density at radius 2 is 2.24 bits per heavy atom. The Labute approximate surface area is 109 Å². The molecule has 1 aromatic rings. The fourth-order valence-corrected chi connectivity index (χ4v) is 2.75. The summed E-state index contributed by atoms with van der Waals surface area (Å²) in [4.78, 5) is 7.20. The summed E-state index contributed by atoms with van der Waals surface area (Å²) in [5, 5.41) is 0. The lowest BCUT2D eigenvalue weighted by molar-refractivity contribution is 0.639. The highest BCUT2D eigenvalue weighted by Crippen LogP contribution is 2.27. The van der Waals surface area contributed by atoms with Crippen molar-refractivity contribution in [2.45, 2.75) is 51.5 Å². The van der Waals surface area contributed by atoms with Crippen LogP contribution in [-0.4, -0.2) is 17.6 Å². The Bertz CT molecular complexity index is 356. The zero-order chi connectivity index (χ0) is 12.3. The number of aromatic nitrogens is 1. The number of rotatable bonds is 4. The van der Waals surface area contributed by atoms with Crippen LogP contribution in [0.4, 0.5) is 5.82 Å². The van der Waals surface area contributed by atoms with Gasteiger partial charge in [-0.25, -0.2) is 4.98 Å². The highest BCUT2D eigenvalue weighted by atomic mass is 35.5. The Morgan fingerprint density at radius 1 is 1.41 bits per heavy atom. The number of alkyl halides is 1. The average molecular weight is 253 g/mol. The monoisotopic (exact) mass is 252 g/mol. The molecule has 0 aromatic carbocycles. The molecule has 1 aliphatic heterocycles. The molecule has 0 amide bonds. The third-order valence-corrected chi connectivity index (χ3v) is 3.89. The molecule has 0 saturated carbocycles. The first-order valence-electron chi connectivity index (χ1n) is 6.61. The first-order valence-corrected chi connectivity index (χ1v) is 7.14. The topological polar surface area (TPSA) is 16.1 Å². The maximum atomic E-state index is 5.96. The van der Waals surface area contributed by atoms with E-state index in [0.717, 1.165) is 24.5 Å². The van der Waals surface area contributed by atoms with Gasteiger partial charge in [0.25, 0.3) is 0 Å². The van der Waals surface area contributed by atoms with Crippen molar-refractivity contribution in [1.29, 1.82) is 0 Å². The summed E-state index contributed by atoms with van der Waals surface area (Å²) in [5.74, 6) is 1.71. The summed E-state index contributed by atoms with van der Waals surface area (Å²) in [6.07, 6.45) is 4.76. The highest BCUT2D eigenvalue weighted by molar-refractivity contribution is 6.17. The van der Waals surface area contributed by atoms with Gasteiger partial charge in [0.05, 0.1) is 0 Å². The molecule has 3 heteroatoms. The molecule has 0 aliphatic carbocycles. The van der Waals surface area contributed by atoms with Gasteiger partial charge in [0.15, 0.2) is 0 Å². The number of anilines is 1. The molecule has 1 atom stereocenters. The van der Waals surface area contributed by atoms with E-state index in [-0.39, 0.29) is 0 Å². The lowest BCUT2D eigenvalue weighted by Gasteiger charge is -2.25. The van der Waals surface area contributed by atoms with Crippen molar-refractivity contribution in [3.8, 4) is 0 Å². The zero-order valence-corrected chi connectivity index (χ0v) is 11.5. The minimum atomic E-state index is 0.577. The average Bonchev–Trinajstić information content (AvgIpc) is 2.86. The molecule has 1 aromatic heterocycles. The van der Waals surface area contributed by atoms with Crippen LogP contribution < -0.4 is 4.90 Å². The van der Waals surface area contributed by atoms with Gasteiger partial charge in [-0.3, -0.25) is 0 Å². The lowest BCUT2D eigenvalue weighted by atomic mass is 10.1. The van der Waals surface area contributed by atoms with E-state index in [1.807, 2.05) is 0 Å². The number of pyridine rings is 1. The summed E-state index contributed by atoms with van der Waals surface area (Å²) >= 11 is 5.96. The Kier molecular flexibility index (Phi) is 4.27. The van der Waals surface area contributed by atoms with Crippen molar-refractivity contribution >= 4 is 17.4 Å². The van der Waals surface area contributed by atoms with Crippen LogP contribution in [0.25, 0.3) is 0 Å². The Hall–Kier alpha value is -0.760. The predicted molar refractivity (Wildman–Crippen MR) is 73.8 cm³/mol. The smallest absolute Gasteiger partial charge is 0.129 e. The summed E-state index contributed by atoms with van der Waals surface area (Å²) in [6, 6.07) is 4.94. The van der Waals surface area contributed by atoms with E-state index in [4.69, 9.17) is 16.6 Å². The Morgan fingerprint density at radius 3 is 2.88 bits per heavy atom. The molecule has 1 fully saturated rings. The SMILES string of the molecule is CCc1cc(CCl)cc(N2CCCC2CC)n1. The number of nitrogens with zero attached hydrogens (tertiary/aromatic N) is 2. The quantitative estimate of drug-likeness (QED) is 0.759. The molecule has 1 aliphatic rings. The summed E-state index contributed by atoms with van der Waals surface area (Å²) in [6.45, 7) is 5.54. The van der Waals surface area contributed by atoms with Gasteiger partial charge in [-0.15, -0.1) is 11.6 Å². The van der Waals surface area contributed by atoms with Crippen LogP contribution in [0.2, 0.25) is 0 Å². The standard InChI is InChI=1S/C14H21ClN2/c1-3-12-8-11(10-15)9-14(16-12)17-7-5-6-13(17)4-2/h8-9,13H,3-7,10H2,1-2H3. The van der Waals surface area contributed by atoms with Gasteiger partial charge in [0.1, 0.15) is 5.82 Å². The minimum Gasteiger partial charge on any atom is -0.354 e. The molecule has 0 bridgehead atoms. The van der Waals surface area contributed by atoms with Crippen LogP contribution in [0.3, 0.4) is 0 Å². The zero-order valence-electron chi connectivity index (χ0n) is 10.7. The first kappa shape index (κ1) is 12.7. The fraction of sp³-hybridized carbons (Fsp3) is 0.643. The van der Waals surface area contributed by atoms with E-state index >= 15 is 0 Å². The molecule has 1 saturated heterocycles. The van der Waals surface area contributed by atoms with Gasteiger partial charge in [0, 0.05) is 24.2 Å². The second-order valence-corrected chi connectivity index (χ2v) is 4.98. The van der Waals surface area contributed by atoms with E-state index in [0.29, 0.717) is 11.9 Å². The summed E-state index contributed by atoms with van der Waals surface area (Å²) in [7, 11) is 0. The van der Waals surface area contributed by atoms with Crippen molar-refractivity contribution in [1.82, 2.24) is 4.98 Å². The molecule has 0 radical (unpaired) electrons. The highest BCUT2D eigenvalue weighted by Gasteiger charge is 2.24. The largest absolute Gasteiger partial charge is 0.354 e. The van der Waals surface area contributed by atoms with Gasteiger partial charge in [-0.1, -0.05) is 13.8 Å². The van der Waals surface area contributed by atoms with Crippen LogP contribution in [0.1, 0.15) is 44.4 Å². The van der Waals surface area contributed by atoms with Crippen LogP contribution >= 0.6 is 11.6 Å². The summed E-state index contributed by atoms with van der Waals surface area (Å²) < 4.78 is 0. The van der Waals surface area contributed by atoms with Gasteiger partial charge in [-0.05, 0) is 43.4 Å². The molecule has 1 unspecified atom stereocenters. The van der Waals surface area contributed by atoms with Crippen LogP contribution in [0, 0.1) is 0 Å². The summed E-state index contributed by atoms with van der Waals surface area (Å²) in [5.41, 5.74) is 2.34. The van der Waals surface area contributed by atoms with E-state index in [1.54, 1.807) is 0 Å². The maximum absolute atomic E-state index is 5.96. The molecule has 0 spiro atoms. The van der Waals surface area contributed by atoms with Crippen LogP contribution in [-0.2, 0) is 12.3 Å². The number of hydrogen-bond donors (Lipinski definition) is 0. The van der Waals surface area contributed by atoms with Crippen molar-refractivity contribution in [2.75, 3.05) is 11.4 Å². The maximum Gasteiger partial charge on any atom is 0.129 e. The lowest BCUT2D eigenvalue weighted by Crippen LogP contribution is -2.29. The van der Waals surface area contributed by atoms with Crippen molar-refractivity contribution in [3.63, 3.8) is 0 Å². The molecule has 0 N–H and O–H groups in total. The molecule has 2 rings (SSSR count).